The molecule has 2 unspecified atom stereocenters. The van der Waals surface area contributed by atoms with Crippen LogP contribution in [0.5, 0.6) is 0 Å². The van der Waals surface area contributed by atoms with E-state index in [-0.39, 0.29) is 11.9 Å². The third kappa shape index (κ3) is 4.49. The highest BCUT2D eigenvalue weighted by Crippen LogP contribution is 2.19. The summed E-state index contributed by atoms with van der Waals surface area (Å²) in [7, 11) is 0. The lowest BCUT2D eigenvalue weighted by atomic mass is 10.0. The van der Waals surface area contributed by atoms with E-state index < -0.39 is 6.10 Å². The van der Waals surface area contributed by atoms with Crippen LogP contribution in [-0.4, -0.2) is 17.1 Å². The van der Waals surface area contributed by atoms with Crippen molar-refractivity contribution in [1.82, 2.24) is 5.32 Å². The molecule has 3 nitrogen and oxygen atoms in total. The molecule has 0 fully saturated rings. The highest BCUT2D eigenvalue weighted by Gasteiger charge is 2.18. The zero-order chi connectivity index (χ0) is 13.4. The van der Waals surface area contributed by atoms with Gasteiger partial charge in [-0.15, -0.1) is 0 Å². The summed E-state index contributed by atoms with van der Waals surface area (Å²) in [5.41, 5.74) is 1.10. The Kier molecular flexibility index (Phi) is 6.44. The standard InChI is InChI=1S/C15H23NO2/c1-3-5-11-13(12-9-7-6-8-10-12)16-15(18)14(17)4-2/h6-10,13-14,17H,3-5,11H2,1-2H3,(H,16,18). The number of unbranched alkanes of at least 4 members (excludes halogenated alkanes) is 1. The maximum atomic E-state index is 11.8. The second-order valence-electron chi connectivity index (χ2n) is 4.54. The van der Waals surface area contributed by atoms with Crippen LogP contribution in [0.1, 0.15) is 51.1 Å². The maximum absolute atomic E-state index is 11.8. The van der Waals surface area contributed by atoms with Crippen molar-refractivity contribution in [3.63, 3.8) is 0 Å². The van der Waals surface area contributed by atoms with E-state index in [1.165, 1.54) is 0 Å². The predicted octanol–water partition coefficient (Wildman–Crippen LogP) is 2.81. The molecule has 0 radical (unpaired) electrons. The van der Waals surface area contributed by atoms with Gasteiger partial charge in [-0.3, -0.25) is 4.79 Å². The molecule has 0 saturated heterocycles. The van der Waals surface area contributed by atoms with E-state index in [9.17, 15) is 9.90 Å². The van der Waals surface area contributed by atoms with Crippen LogP contribution in [0, 0.1) is 0 Å². The number of amides is 1. The minimum atomic E-state index is -0.905. The Bertz CT molecular complexity index is 351. The first-order valence-corrected chi connectivity index (χ1v) is 6.72. The van der Waals surface area contributed by atoms with Crippen LogP contribution in [0.15, 0.2) is 30.3 Å². The van der Waals surface area contributed by atoms with E-state index in [0.29, 0.717) is 6.42 Å². The number of carbonyl (C=O) groups excluding carboxylic acids is 1. The van der Waals surface area contributed by atoms with Crippen LogP contribution in [0.2, 0.25) is 0 Å². The van der Waals surface area contributed by atoms with Crippen LogP contribution < -0.4 is 5.32 Å². The van der Waals surface area contributed by atoms with Crippen LogP contribution in [0.25, 0.3) is 0 Å². The fourth-order valence-electron chi connectivity index (χ4n) is 1.87. The fourth-order valence-corrected chi connectivity index (χ4v) is 1.87. The highest BCUT2D eigenvalue weighted by atomic mass is 16.3. The van der Waals surface area contributed by atoms with Crippen LogP contribution in [0.4, 0.5) is 0 Å². The molecular weight excluding hydrogens is 226 g/mol. The number of rotatable bonds is 7. The number of carbonyl (C=O) groups is 1. The molecule has 1 amide bonds. The number of hydrogen-bond acceptors (Lipinski definition) is 2. The molecule has 0 bridgehead atoms. The first-order valence-electron chi connectivity index (χ1n) is 6.72. The molecule has 1 aromatic rings. The number of nitrogens with one attached hydrogen (secondary N) is 1. The van der Waals surface area contributed by atoms with Crippen molar-refractivity contribution in [1.29, 1.82) is 0 Å². The minimum Gasteiger partial charge on any atom is -0.383 e. The first-order chi connectivity index (χ1) is 8.69. The van der Waals surface area contributed by atoms with Crippen LogP contribution in [0.3, 0.4) is 0 Å². The lowest BCUT2D eigenvalue weighted by Crippen LogP contribution is -2.36. The lowest BCUT2D eigenvalue weighted by Gasteiger charge is -2.20. The van der Waals surface area contributed by atoms with Gasteiger partial charge >= 0.3 is 0 Å². The second kappa shape index (κ2) is 7.88. The van der Waals surface area contributed by atoms with Crippen LogP contribution >= 0.6 is 0 Å². The molecule has 100 valence electrons. The summed E-state index contributed by atoms with van der Waals surface area (Å²) in [4.78, 5) is 11.8. The van der Waals surface area contributed by atoms with Gasteiger partial charge in [0.2, 0.25) is 5.91 Å². The Morgan fingerprint density at radius 2 is 1.94 bits per heavy atom. The molecule has 0 aliphatic rings. The van der Waals surface area contributed by atoms with Gasteiger partial charge in [0.05, 0.1) is 6.04 Å². The van der Waals surface area contributed by atoms with E-state index in [4.69, 9.17) is 0 Å². The summed E-state index contributed by atoms with van der Waals surface area (Å²) < 4.78 is 0. The molecule has 0 spiro atoms. The first kappa shape index (κ1) is 14.7. The van der Waals surface area contributed by atoms with E-state index in [2.05, 4.69) is 12.2 Å². The zero-order valence-corrected chi connectivity index (χ0v) is 11.2. The summed E-state index contributed by atoms with van der Waals surface area (Å²) in [6, 6.07) is 9.92. The largest absolute Gasteiger partial charge is 0.383 e. The average Bonchev–Trinajstić information content (AvgIpc) is 2.43. The summed E-state index contributed by atoms with van der Waals surface area (Å²) in [5, 5.41) is 12.5. The predicted molar refractivity (Wildman–Crippen MR) is 73.1 cm³/mol. The number of benzene rings is 1. The van der Waals surface area contributed by atoms with Gasteiger partial charge in [0, 0.05) is 0 Å². The van der Waals surface area contributed by atoms with Crippen molar-refractivity contribution in [2.75, 3.05) is 0 Å². The van der Waals surface area contributed by atoms with Crippen molar-refractivity contribution in [2.45, 2.75) is 51.7 Å². The van der Waals surface area contributed by atoms with Crippen molar-refractivity contribution in [2.24, 2.45) is 0 Å². The Labute approximate surface area is 109 Å². The molecule has 1 rings (SSSR count). The number of aliphatic hydroxyl groups excluding tert-OH is 1. The van der Waals surface area contributed by atoms with Gasteiger partial charge < -0.3 is 10.4 Å². The summed E-state index contributed by atoms with van der Waals surface area (Å²) in [6.45, 7) is 3.93. The normalized spacial score (nSPS) is 13.9. The third-order valence-corrected chi connectivity index (χ3v) is 3.05. The average molecular weight is 249 g/mol. The number of hydrogen-bond donors (Lipinski definition) is 2. The molecule has 2 atom stereocenters. The minimum absolute atomic E-state index is 0.000139. The SMILES string of the molecule is CCCCC(NC(=O)C(O)CC)c1ccccc1. The van der Waals surface area contributed by atoms with Crippen LogP contribution in [-0.2, 0) is 4.79 Å². The summed E-state index contributed by atoms with van der Waals surface area (Å²) in [6.07, 6.45) is 2.60. The molecule has 0 aliphatic carbocycles. The quantitative estimate of drug-likeness (QED) is 0.780. The third-order valence-electron chi connectivity index (χ3n) is 3.05. The van der Waals surface area contributed by atoms with Gasteiger partial charge in [-0.1, -0.05) is 57.0 Å². The molecule has 18 heavy (non-hydrogen) atoms. The second-order valence-corrected chi connectivity index (χ2v) is 4.54. The van der Waals surface area contributed by atoms with Crippen molar-refractivity contribution in [3.8, 4) is 0 Å². The molecule has 2 N–H and O–H groups in total. The number of aliphatic hydroxyl groups is 1. The van der Waals surface area contributed by atoms with Gasteiger partial charge in [-0.05, 0) is 18.4 Å². The van der Waals surface area contributed by atoms with Gasteiger partial charge in [0.15, 0.2) is 0 Å². The Morgan fingerprint density at radius 3 is 2.50 bits per heavy atom. The van der Waals surface area contributed by atoms with Gasteiger partial charge in [-0.2, -0.15) is 0 Å². The fraction of sp³-hybridized carbons (Fsp3) is 0.533. The Hall–Kier alpha value is -1.35. The summed E-state index contributed by atoms with van der Waals surface area (Å²) >= 11 is 0. The molecule has 0 aromatic heterocycles. The smallest absolute Gasteiger partial charge is 0.249 e. The monoisotopic (exact) mass is 249 g/mol. The van der Waals surface area contributed by atoms with E-state index in [1.807, 2.05) is 30.3 Å². The van der Waals surface area contributed by atoms with Crippen molar-refractivity contribution < 1.29 is 9.90 Å². The van der Waals surface area contributed by atoms with Crippen molar-refractivity contribution >= 4 is 5.91 Å². The molecular formula is C15H23NO2. The molecule has 0 heterocycles. The zero-order valence-electron chi connectivity index (χ0n) is 11.2. The lowest BCUT2D eigenvalue weighted by molar-refractivity contribution is -0.130. The molecule has 0 aliphatic heterocycles. The highest BCUT2D eigenvalue weighted by molar-refractivity contribution is 5.80. The Morgan fingerprint density at radius 1 is 1.28 bits per heavy atom. The van der Waals surface area contributed by atoms with E-state index in [1.54, 1.807) is 6.92 Å². The van der Waals surface area contributed by atoms with E-state index >= 15 is 0 Å². The van der Waals surface area contributed by atoms with Gasteiger partial charge in [0.1, 0.15) is 6.10 Å². The van der Waals surface area contributed by atoms with Crippen molar-refractivity contribution in [3.05, 3.63) is 35.9 Å². The van der Waals surface area contributed by atoms with Gasteiger partial charge in [-0.25, -0.2) is 0 Å². The Balaban J connectivity index is 2.70. The summed E-state index contributed by atoms with van der Waals surface area (Å²) in [5.74, 6) is -0.276. The van der Waals surface area contributed by atoms with E-state index in [0.717, 1.165) is 24.8 Å². The van der Waals surface area contributed by atoms with Gasteiger partial charge in [0.25, 0.3) is 0 Å². The molecule has 3 heteroatoms. The topological polar surface area (TPSA) is 49.3 Å². The molecule has 1 aromatic carbocycles. The maximum Gasteiger partial charge on any atom is 0.249 e. The molecule has 0 saturated carbocycles.